The number of carbonyl (C=O) groups is 2. The minimum absolute atomic E-state index is 0.00579. The average Bonchev–Trinajstić information content (AvgIpc) is 1.97. The summed E-state index contributed by atoms with van der Waals surface area (Å²) in [5, 5.41) is 3.03. The first-order valence-corrected chi connectivity index (χ1v) is 5.31. The molecule has 3 N–H and O–H groups in total. The summed E-state index contributed by atoms with van der Waals surface area (Å²) in [6.45, 7) is 5.50. The lowest BCUT2D eigenvalue weighted by molar-refractivity contribution is -0.139. The van der Waals surface area contributed by atoms with Gasteiger partial charge in [-0.15, -0.1) is 0 Å². The minimum Gasteiger partial charge on any atom is -0.368 e. The van der Waals surface area contributed by atoms with Gasteiger partial charge in [0.2, 0.25) is 11.8 Å². The molecule has 1 saturated heterocycles. The number of hydrogen-bond acceptors (Lipinski definition) is 3. The zero-order valence-electron chi connectivity index (χ0n) is 9.32. The zero-order valence-corrected chi connectivity index (χ0v) is 9.32. The molecule has 0 aromatic carbocycles. The van der Waals surface area contributed by atoms with Crippen LogP contribution in [0.4, 0.5) is 0 Å². The van der Waals surface area contributed by atoms with E-state index in [2.05, 4.69) is 5.32 Å². The lowest BCUT2D eigenvalue weighted by atomic mass is 10.1. The van der Waals surface area contributed by atoms with E-state index in [4.69, 9.17) is 5.73 Å². The third kappa shape index (κ3) is 3.51. The Hall–Kier alpha value is -1.10. The van der Waals surface area contributed by atoms with Crippen LogP contribution >= 0.6 is 0 Å². The zero-order chi connectivity index (χ0) is 11.4. The number of nitrogens with one attached hydrogen (secondary N) is 1. The maximum atomic E-state index is 11.9. The molecule has 1 aliphatic rings. The molecule has 1 fully saturated rings. The van der Waals surface area contributed by atoms with Gasteiger partial charge in [-0.25, -0.2) is 0 Å². The van der Waals surface area contributed by atoms with E-state index in [1.165, 1.54) is 0 Å². The molecule has 0 saturated carbocycles. The number of amides is 2. The van der Waals surface area contributed by atoms with Crippen LogP contribution in [0.2, 0.25) is 0 Å². The van der Waals surface area contributed by atoms with Gasteiger partial charge in [0, 0.05) is 6.54 Å². The largest absolute Gasteiger partial charge is 0.368 e. The highest BCUT2D eigenvalue weighted by atomic mass is 16.2. The molecule has 5 nitrogen and oxygen atoms in total. The fourth-order valence-corrected chi connectivity index (χ4v) is 1.58. The Bertz CT molecular complexity index is 249. The van der Waals surface area contributed by atoms with E-state index < -0.39 is 5.91 Å². The molecule has 2 amide bonds. The average molecular weight is 213 g/mol. The fourth-order valence-electron chi connectivity index (χ4n) is 1.58. The first kappa shape index (κ1) is 12.0. The van der Waals surface area contributed by atoms with E-state index in [1.807, 2.05) is 13.8 Å². The second kappa shape index (κ2) is 5.11. The first-order valence-electron chi connectivity index (χ1n) is 5.31. The number of hydrogen-bond donors (Lipinski definition) is 2. The van der Waals surface area contributed by atoms with Gasteiger partial charge in [-0.2, -0.15) is 0 Å². The highest BCUT2D eigenvalue weighted by Gasteiger charge is 2.29. The molecule has 15 heavy (non-hydrogen) atoms. The predicted molar refractivity (Wildman–Crippen MR) is 57.0 cm³/mol. The van der Waals surface area contributed by atoms with Crippen LogP contribution in [-0.4, -0.2) is 42.4 Å². The van der Waals surface area contributed by atoms with Gasteiger partial charge in [-0.3, -0.25) is 9.59 Å². The number of nitrogens with two attached hydrogens (primary N) is 1. The molecule has 0 aromatic rings. The van der Waals surface area contributed by atoms with Gasteiger partial charge in [0.25, 0.3) is 0 Å². The van der Waals surface area contributed by atoms with Crippen molar-refractivity contribution >= 4 is 11.8 Å². The lowest BCUT2D eigenvalue weighted by Crippen LogP contribution is -2.56. The molecule has 0 unspecified atom stereocenters. The molecule has 0 bridgehead atoms. The highest BCUT2D eigenvalue weighted by Crippen LogP contribution is 2.08. The van der Waals surface area contributed by atoms with Crippen molar-refractivity contribution in [3.05, 3.63) is 0 Å². The maximum Gasteiger partial charge on any atom is 0.240 e. The second-order valence-electron chi connectivity index (χ2n) is 4.37. The molecule has 1 rings (SSSR count). The van der Waals surface area contributed by atoms with Crippen molar-refractivity contribution in [1.29, 1.82) is 0 Å². The van der Waals surface area contributed by atoms with Gasteiger partial charge in [0.15, 0.2) is 0 Å². The van der Waals surface area contributed by atoms with Crippen molar-refractivity contribution in [2.45, 2.75) is 26.3 Å². The molecule has 5 heteroatoms. The SMILES string of the molecule is CC(C)CN(CC(N)=O)C(=O)[C@H]1CCN1. The summed E-state index contributed by atoms with van der Waals surface area (Å²) >= 11 is 0. The van der Waals surface area contributed by atoms with Crippen LogP contribution in [0.25, 0.3) is 0 Å². The van der Waals surface area contributed by atoms with Gasteiger partial charge >= 0.3 is 0 Å². The predicted octanol–water partition coefficient (Wildman–Crippen LogP) is -0.682. The van der Waals surface area contributed by atoms with Crippen molar-refractivity contribution in [2.75, 3.05) is 19.6 Å². The third-order valence-electron chi connectivity index (χ3n) is 2.37. The van der Waals surface area contributed by atoms with Gasteiger partial charge in [0.1, 0.15) is 0 Å². The minimum atomic E-state index is -0.455. The van der Waals surface area contributed by atoms with E-state index in [9.17, 15) is 9.59 Å². The number of primary amides is 1. The van der Waals surface area contributed by atoms with Crippen molar-refractivity contribution in [1.82, 2.24) is 10.2 Å². The Morgan fingerprint density at radius 3 is 2.47 bits per heavy atom. The quantitative estimate of drug-likeness (QED) is 0.635. The molecular formula is C10H19N3O2. The van der Waals surface area contributed by atoms with Crippen LogP contribution < -0.4 is 11.1 Å². The summed E-state index contributed by atoms with van der Waals surface area (Å²) in [4.78, 5) is 24.2. The Morgan fingerprint density at radius 2 is 2.13 bits per heavy atom. The Balaban J connectivity index is 2.53. The first-order chi connectivity index (χ1) is 7.00. The van der Waals surface area contributed by atoms with E-state index in [1.54, 1.807) is 4.90 Å². The molecule has 1 heterocycles. The third-order valence-corrected chi connectivity index (χ3v) is 2.37. The van der Waals surface area contributed by atoms with Gasteiger partial charge < -0.3 is 16.0 Å². The van der Waals surface area contributed by atoms with E-state index in [-0.39, 0.29) is 18.5 Å². The highest BCUT2D eigenvalue weighted by molar-refractivity contribution is 5.87. The number of rotatable bonds is 5. The molecule has 1 aliphatic heterocycles. The number of nitrogens with zero attached hydrogens (tertiary/aromatic N) is 1. The maximum absolute atomic E-state index is 11.9. The Kier molecular flexibility index (Phi) is 4.08. The summed E-state index contributed by atoms with van der Waals surface area (Å²) in [5.74, 6) is -0.120. The summed E-state index contributed by atoms with van der Waals surface area (Å²) in [5.41, 5.74) is 5.11. The van der Waals surface area contributed by atoms with Crippen LogP contribution in [0.15, 0.2) is 0 Å². The normalized spacial score (nSPS) is 19.8. The van der Waals surface area contributed by atoms with Crippen molar-refractivity contribution < 1.29 is 9.59 Å². The topological polar surface area (TPSA) is 75.4 Å². The molecule has 0 radical (unpaired) electrons. The molecular weight excluding hydrogens is 194 g/mol. The molecule has 0 aliphatic carbocycles. The summed E-state index contributed by atoms with van der Waals surface area (Å²) < 4.78 is 0. The van der Waals surface area contributed by atoms with Crippen molar-refractivity contribution in [3.63, 3.8) is 0 Å². The van der Waals surface area contributed by atoms with Crippen LogP contribution in [0.1, 0.15) is 20.3 Å². The Labute approximate surface area is 90.0 Å². The molecule has 86 valence electrons. The standard InChI is InChI=1S/C10H19N3O2/c1-7(2)5-13(6-9(11)14)10(15)8-3-4-12-8/h7-8,12H,3-6H2,1-2H3,(H2,11,14)/t8-/m1/s1. The van der Waals surface area contributed by atoms with Crippen molar-refractivity contribution in [3.8, 4) is 0 Å². The van der Waals surface area contributed by atoms with E-state index in [0.29, 0.717) is 12.5 Å². The monoisotopic (exact) mass is 213 g/mol. The molecule has 1 atom stereocenters. The van der Waals surface area contributed by atoms with Gasteiger partial charge in [-0.05, 0) is 18.9 Å². The van der Waals surface area contributed by atoms with E-state index in [0.717, 1.165) is 13.0 Å². The fraction of sp³-hybridized carbons (Fsp3) is 0.800. The summed E-state index contributed by atoms with van der Waals surface area (Å²) in [7, 11) is 0. The van der Waals surface area contributed by atoms with Crippen LogP contribution in [-0.2, 0) is 9.59 Å². The van der Waals surface area contributed by atoms with Crippen molar-refractivity contribution in [2.24, 2.45) is 11.7 Å². The second-order valence-corrected chi connectivity index (χ2v) is 4.37. The van der Waals surface area contributed by atoms with Crippen LogP contribution in [0.3, 0.4) is 0 Å². The van der Waals surface area contributed by atoms with Gasteiger partial charge in [0.05, 0.1) is 12.6 Å². The van der Waals surface area contributed by atoms with Crippen LogP contribution in [0, 0.1) is 5.92 Å². The molecule has 0 spiro atoms. The summed E-state index contributed by atoms with van der Waals surface area (Å²) in [6.07, 6.45) is 0.853. The van der Waals surface area contributed by atoms with Crippen LogP contribution in [0.5, 0.6) is 0 Å². The molecule has 0 aromatic heterocycles. The van der Waals surface area contributed by atoms with Gasteiger partial charge in [-0.1, -0.05) is 13.8 Å². The smallest absolute Gasteiger partial charge is 0.240 e. The Morgan fingerprint density at radius 1 is 1.53 bits per heavy atom. The number of carbonyl (C=O) groups excluding carboxylic acids is 2. The lowest BCUT2D eigenvalue weighted by Gasteiger charge is -2.33. The summed E-state index contributed by atoms with van der Waals surface area (Å²) in [6, 6.07) is -0.108. The van der Waals surface area contributed by atoms with E-state index >= 15 is 0 Å².